The van der Waals surface area contributed by atoms with Gasteiger partial charge in [-0.15, -0.1) is 0 Å². The minimum absolute atomic E-state index is 0.0354. The molecule has 1 aliphatic rings. The van der Waals surface area contributed by atoms with E-state index in [1.54, 1.807) is 7.11 Å². The highest BCUT2D eigenvalue weighted by atomic mass is 16.5. The van der Waals surface area contributed by atoms with Crippen molar-refractivity contribution >= 4 is 11.8 Å². The summed E-state index contributed by atoms with van der Waals surface area (Å²) in [4.78, 5) is 26.5. The van der Waals surface area contributed by atoms with Crippen LogP contribution in [-0.2, 0) is 14.3 Å². The first-order valence-corrected chi connectivity index (χ1v) is 7.36. The molecule has 0 aromatic carbocycles. The van der Waals surface area contributed by atoms with Crippen molar-refractivity contribution in [2.24, 2.45) is 5.41 Å². The molecule has 5 nitrogen and oxygen atoms in total. The van der Waals surface area contributed by atoms with Crippen molar-refractivity contribution in [3.63, 3.8) is 0 Å². The fourth-order valence-corrected chi connectivity index (χ4v) is 2.49. The second kappa shape index (κ2) is 7.07. The summed E-state index contributed by atoms with van der Waals surface area (Å²) in [6.07, 6.45) is 2.20. The molecule has 1 N–H and O–H groups in total. The van der Waals surface area contributed by atoms with Gasteiger partial charge in [0, 0.05) is 32.7 Å². The third kappa shape index (κ3) is 4.47. The van der Waals surface area contributed by atoms with E-state index in [1.165, 1.54) is 0 Å². The molecule has 0 spiro atoms. The van der Waals surface area contributed by atoms with E-state index in [0.717, 1.165) is 12.8 Å². The normalized spacial score (nSPS) is 24.6. The molecule has 1 rings (SSSR count). The van der Waals surface area contributed by atoms with E-state index in [2.05, 4.69) is 5.32 Å². The summed E-state index contributed by atoms with van der Waals surface area (Å²) in [5.41, 5.74) is -0.276. The number of hydrogen-bond donors (Lipinski definition) is 1. The number of nitrogens with zero attached hydrogens (tertiary/aromatic N) is 1. The van der Waals surface area contributed by atoms with Crippen molar-refractivity contribution in [3.05, 3.63) is 0 Å². The molecule has 0 bridgehead atoms. The smallest absolute Gasteiger partial charge is 0.245 e. The SMILES string of the molecule is COCCCCN1C(=O)C(C(C)(C)C)NC(=O)CC1C. The van der Waals surface area contributed by atoms with E-state index >= 15 is 0 Å². The zero-order chi connectivity index (χ0) is 15.3. The Morgan fingerprint density at radius 1 is 1.30 bits per heavy atom. The first-order chi connectivity index (χ1) is 9.27. The summed E-state index contributed by atoms with van der Waals surface area (Å²) in [6, 6.07) is -0.486. The average molecular weight is 284 g/mol. The molecule has 5 heteroatoms. The minimum atomic E-state index is -0.442. The summed E-state index contributed by atoms with van der Waals surface area (Å²) in [7, 11) is 1.68. The van der Waals surface area contributed by atoms with Gasteiger partial charge in [-0.05, 0) is 25.2 Å². The Kier molecular flexibility index (Phi) is 5.99. The van der Waals surface area contributed by atoms with Gasteiger partial charge in [-0.25, -0.2) is 0 Å². The van der Waals surface area contributed by atoms with Gasteiger partial charge in [-0.2, -0.15) is 0 Å². The fourth-order valence-electron chi connectivity index (χ4n) is 2.49. The Morgan fingerprint density at radius 2 is 1.95 bits per heavy atom. The highest BCUT2D eigenvalue weighted by molar-refractivity contribution is 5.91. The van der Waals surface area contributed by atoms with E-state index in [0.29, 0.717) is 19.6 Å². The maximum Gasteiger partial charge on any atom is 0.245 e. The van der Waals surface area contributed by atoms with Crippen molar-refractivity contribution < 1.29 is 14.3 Å². The number of hydrogen-bond acceptors (Lipinski definition) is 3. The van der Waals surface area contributed by atoms with Crippen LogP contribution >= 0.6 is 0 Å². The van der Waals surface area contributed by atoms with Gasteiger partial charge in [0.1, 0.15) is 6.04 Å². The molecule has 2 atom stereocenters. The van der Waals surface area contributed by atoms with Crippen LogP contribution in [-0.4, -0.2) is 49.1 Å². The van der Waals surface area contributed by atoms with E-state index in [9.17, 15) is 9.59 Å². The lowest BCUT2D eigenvalue weighted by atomic mass is 9.86. The largest absolute Gasteiger partial charge is 0.385 e. The van der Waals surface area contributed by atoms with E-state index in [-0.39, 0.29) is 23.3 Å². The lowest BCUT2D eigenvalue weighted by Gasteiger charge is -2.34. The number of rotatable bonds is 5. The molecule has 20 heavy (non-hydrogen) atoms. The summed E-state index contributed by atoms with van der Waals surface area (Å²) in [5.74, 6) is -0.00145. The molecule has 2 unspecified atom stereocenters. The first-order valence-electron chi connectivity index (χ1n) is 7.36. The first kappa shape index (κ1) is 17.0. The van der Waals surface area contributed by atoms with E-state index < -0.39 is 6.04 Å². The molecule has 1 aliphatic heterocycles. The van der Waals surface area contributed by atoms with Crippen LogP contribution < -0.4 is 5.32 Å². The maximum absolute atomic E-state index is 12.7. The quantitative estimate of drug-likeness (QED) is 0.780. The van der Waals surface area contributed by atoms with Crippen LogP contribution in [0.5, 0.6) is 0 Å². The predicted octanol–water partition coefficient (Wildman–Crippen LogP) is 1.56. The minimum Gasteiger partial charge on any atom is -0.385 e. The van der Waals surface area contributed by atoms with Crippen LogP contribution in [0.3, 0.4) is 0 Å². The molecule has 116 valence electrons. The molecule has 0 saturated carbocycles. The van der Waals surface area contributed by atoms with Gasteiger partial charge < -0.3 is 15.0 Å². The molecule has 1 heterocycles. The number of methoxy groups -OCH3 is 1. The fraction of sp³-hybridized carbons (Fsp3) is 0.867. The van der Waals surface area contributed by atoms with Gasteiger partial charge in [-0.3, -0.25) is 9.59 Å². The third-order valence-corrected chi connectivity index (χ3v) is 3.71. The number of amides is 2. The molecule has 0 aromatic heterocycles. The molecular weight excluding hydrogens is 256 g/mol. The van der Waals surface area contributed by atoms with Crippen LogP contribution in [0.25, 0.3) is 0 Å². The maximum atomic E-state index is 12.7. The van der Waals surface area contributed by atoms with Crippen LogP contribution in [0.4, 0.5) is 0 Å². The topological polar surface area (TPSA) is 58.6 Å². The molecular formula is C15H28N2O3. The van der Waals surface area contributed by atoms with Crippen LogP contribution in [0, 0.1) is 5.41 Å². The number of carbonyl (C=O) groups excluding carboxylic acids is 2. The van der Waals surface area contributed by atoms with Gasteiger partial charge in [0.15, 0.2) is 0 Å². The summed E-state index contributed by atoms with van der Waals surface area (Å²) in [5, 5.41) is 2.88. The Labute approximate surface area is 122 Å². The van der Waals surface area contributed by atoms with Crippen molar-refractivity contribution in [2.75, 3.05) is 20.3 Å². The molecule has 1 saturated heterocycles. The van der Waals surface area contributed by atoms with Crippen LogP contribution in [0.15, 0.2) is 0 Å². The Bertz CT molecular complexity index is 350. The summed E-state index contributed by atoms with van der Waals surface area (Å²) >= 11 is 0. The van der Waals surface area contributed by atoms with E-state index in [1.807, 2.05) is 32.6 Å². The van der Waals surface area contributed by atoms with E-state index in [4.69, 9.17) is 4.74 Å². The van der Waals surface area contributed by atoms with Gasteiger partial charge in [0.2, 0.25) is 11.8 Å². The highest BCUT2D eigenvalue weighted by Crippen LogP contribution is 2.25. The number of unbranched alkanes of at least 4 members (excludes halogenated alkanes) is 1. The Balaban J connectivity index is 2.78. The van der Waals surface area contributed by atoms with Gasteiger partial charge in [0.05, 0.1) is 0 Å². The number of carbonyl (C=O) groups is 2. The number of ether oxygens (including phenoxy) is 1. The standard InChI is InChI=1S/C15H28N2O3/c1-11-10-12(18)16-13(15(2,3)4)14(19)17(11)8-6-7-9-20-5/h11,13H,6-10H2,1-5H3,(H,16,18). The monoisotopic (exact) mass is 284 g/mol. The Morgan fingerprint density at radius 3 is 2.50 bits per heavy atom. The van der Waals surface area contributed by atoms with Gasteiger partial charge in [-0.1, -0.05) is 20.8 Å². The summed E-state index contributed by atoms with van der Waals surface area (Å²) in [6.45, 7) is 9.28. The molecule has 1 fully saturated rings. The molecule has 0 radical (unpaired) electrons. The zero-order valence-electron chi connectivity index (χ0n) is 13.4. The molecule has 0 aromatic rings. The highest BCUT2D eigenvalue weighted by Gasteiger charge is 2.39. The average Bonchev–Trinajstić information content (AvgIpc) is 2.43. The van der Waals surface area contributed by atoms with Gasteiger partial charge >= 0.3 is 0 Å². The van der Waals surface area contributed by atoms with Gasteiger partial charge in [0.25, 0.3) is 0 Å². The van der Waals surface area contributed by atoms with Crippen molar-refractivity contribution in [1.29, 1.82) is 0 Å². The second-order valence-corrected chi connectivity index (χ2v) is 6.65. The third-order valence-electron chi connectivity index (χ3n) is 3.71. The number of nitrogens with one attached hydrogen (secondary N) is 1. The van der Waals surface area contributed by atoms with Crippen LogP contribution in [0.1, 0.15) is 47.0 Å². The summed E-state index contributed by atoms with van der Waals surface area (Å²) < 4.78 is 5.03. The lowest BCUT2D eigenvalue weighted by Crippen LogP contribution is -2.52. The molecule has 2 amide bonds. The van der Waals surface area contributed by atoms with Crippen molar-refractivity contribution in [1.82, 2.24) is 10.2 Å². The zero-order valence-corrected chi connectivity index (χ0v) is 13.4. The Hall–Kier alpha value is -1.10. The van der Waals surface area contributed by atoms with Crippen molar-refractivity contribution in [3.8, 4) is 0 Å². The molecule has 0 aliphatic carbocycles. The second-order valence-electron chi connectivity index (χ2n) is 6.65. The van der Waals surface area contributed by atoms with Crippen LogP contribution in [0.2, 0.25) is 0 Å². The lowest BCUT2D eigenvalue weighted by molar-refractivity contribution is -0.137. The van der Waals surface area contributed by atoms with Crippen molar-refractivity contribution in [2.45, 2.75) is 59.0 Å². The predicted molar refractivity (Wildman–Crippen MR) is 78.3 cm³/mol.